The molecule has 2 rings (SSSR count). The third-order valence-corrected chi connectivity index (χ3v) is 3.21. The summed E-state index contributed by atoms with van der Waals surface area (Å²) in [5.74, 6) is 1.72. The third-order valence-electron chi connectivity index (χ3n) is 3.21. The molecule has 1 aromatic carbocycles. The second-order valence-corrected chi connectivity index (χ2v) is 5.06. The molecule has 0 amide bonds. The Bertz CT molecular complexity index is 572. The van der Waals surface area contributed by atoms with Crippen molar-refractivity contribution in [2.24, 2.45) is 0 Å². The highest BCUT2D eigenvalue weighted by Crippen LogP contribution is 2.28. The van der Waals surface area contributed by atoms with Gasteiger partial charge in [0, 0.05) is 30.1 Å². The Morgan fingerprint density at radius 3 is 2.76 bits per heavy atom. The van der Waals surface area contributed by atoms with Gasteiger partial charge >= 0.3 is 0 Å². The molecule has 5 heteroatoms. The molecule has 1 heterocycles. The molecule has 0 fully saturated rings. The number of nitrogens with one attached hydrogen (secondary N) is 1. The zero-order chi connectivity index (χ0) is 15.1. The number of hydrogen-bond acceptors (Lipinski definition) is 5. The van der Waals surface area contributed by atoms with Gasteiger partial charge in [0.15, 0.2) is 0 Å². The van der Waals surface area contributed by atoms with Gasteiger partial charge in [-0.2, -0.15) is 0 Å². The van der Waals surface area contributed by atoms with Crippen LogP contribution in [0.2, 0.25) is 0 Å². The van der Waals surface area contributed by atoms with Crippen LogP contribution < -0.4 is 10.1 Å². The van der Waals surface area contributed by atoms with E-state index >= 15 is 0 Å². The van der Waals surface area contributed by atoms with Crippen molar-refractivity contribution in [3.63, 3.8) is 0 Å². The van der Waals surface area contributed by atoms with Crippen molar-refractivity contribution >= 4 is 16.6 Å². The van der Waals surface area contributed by atoms with Crippen molar-refractivity contribution in [1.82, 2.24) is 9.88 Å². The lowest BCUT2D eigenvalue weighted by Gasteiger charge is -2.12. The summed E-state index contributed by atoms with van der Waals surface area (Å²) in [5, 5.41) is 5.44. The number of likely N-dealkylation sites (N-methyl/N-ethyl adjacent to an activating group) is 1. The molecular weight excluding hydrogens is 266 g/mol. The standard InChI is InChI=1S/C16H23N3O2/c1-19(2)10-12-21-11-9-18-16-14-5-4-6-15(20-3)13(14)7-8-17-16/h4-8H,9-12H2,1-3H3,(H,17,18). The van der Waals surface area contributed by atoms with Gasteiger partial charge in [0.05, 0.1) is 20.3 Å². The smallest absolute Gasteiger partial charge is 0.134 e. The largest absolute Gasteiger partial charge is 0.496 e. The summed E-state index contributed by atoms with van der Waals surface area (Å²) in [6.07, 6.45) is 1.79. The number of hydrogen-bond donors (Lipinski definition) is 1. The molecule has 0 spiro atoms. The number of pyridine rings is 1. The number of rotatable bonds is 8. The first kappa shape index (κ1) is 15.5. The lowest BCUT2D eigenvalue weighted by Crippen LogP contribution is -2.20. The van der Waals surface area contributed by atoms with E-state index in [2.05, 4.69) is 15.2 Å². The number of anilines is 1. The Morgan fingerprint density at radius 2 is 2.00 bits per heavy atom. The van der Waals surface area contributed by atoms with E-state index in [4.69, 9.17) is 9.47 Å². The number of fused-ring (bicyclic) bond motifs is 1. The molecule has 1 aromatic heterocycles. The summed E-state index contributed by atoms with van der Waals surface area (Å²) in [7, 11) is 5.75. The number of benzene rings is 1. The topological polar surface area (TPSA) is 46.6 Å². The van der Waals surface area contributed by atoms with Crippen LogP contribution in [-0.4, -0.2) is 57.4 Å². The fourth-order valence-electron chi connectivity index (χ4n) is 2.09. The van der Waals surface area contributed by atoms with E-state index in [0.717, 1.165) is 42.0 Å². The van der Waals surface area contributed by atoms with Crippen LogP contribution in [0.15, 0.2) is 30.5 Å². The Hall–Kier alpha value is -1.85. The molecule has 2 aromatic rings. The highest BCUT2D eigenvalue weighted by molar-refractivity contribution is 5.95. The van der Waals surface area contributed by atoms with Crippen molar-refractivity contribution < 1.29 is 9.47 Å². The molecule has 0 aliphatic heterocycles. The number of ether oxygens (including phenoxy) is 2. The molecule has 0 aliphatic carbocycles. The van der Waals surface area contributed by atoms with E-state index < -0.39 is 0 Å². The molecule has 5 nitrogen and oxygen atoms in total. The summed E-state index contributed by atoms with van der Waals surface area (Å²) in [5.41, 5.74) is 0. The van der Waals surface area contributed by atoms with Crippen LogP contribution in [0, 0.1) is 0 Å². The highest BCUT2D eigenvalue weighted by Gasteiger charge is 2.05. The van der Waals surface area contributed by atoms with Crippen LogP contribution in [0.1, 0.15) is 0 Å². The predicted molar refractivity (Wildman–Crippen MR) is 86.2 cm³/mol. The van der Waals surface area contributed by atoms with E-state index in [1.807, 2.05) is 38.4 Å². The molecule has 0 saturated heterocycles. The summed E-state index contributed by atoms with van der Waals surface area (Å²) < 4.78 is 10.9. The Labute approximate surface area is 125 Å². The fourth-order valence-corrected chi connectivity index (χ4v) is 2.09. The fraction of sp³-hybridized carbons (Fsp3) is 0.438. The maximum absolute atomic E-state index is 5.57. The minimum atomic E-state index is 0.663. The zero-order valence-electron chi connectivity index (χ0n) is 12.9. The van der Waals surface area contributed by atoms with Gasteiger partial charge in [-0.3, -0.25) is 0 Å². The molecule has 21 heavy (non-hydrogen) atoms. The van der Waals surface area contributed by atoms with Gasteiger partial charge < -0.3 is 19.7 Å². The van der Waals surface area contributed by atoms with Crippen molar-refractivity contribution in [3.05, 3.63) is 30.5 Å². The lowest BCUT2D eigenvalue weighted by atomic mass is 10.1. The van der Waals surface area contributed by atoms with Crippen molar-refractivity contribution in [3.8, 4) is 5.75 Å². The summed E-state index contributed by atoms with van der Waals surface area (Å²) in [4.78, 5) is 6.50. The van der Waals surface area contributed by atoms with Crippen LogP contribution >= 0.6 is 0 Å². The summed E-state index contributed by atoms with van der Waals surface area (Å²) >= 11 is 0. The van der Waals surface area contributed by atoms with Crippen LogP contribution in [-0.2, 0) is 4.74 Å². The minimum absolute atomic E-state index is 0.663. The molecule has 0 aliphatic rings. The molecule has 1 N–H and O–H groups in total. The van der Waals surface area contributed by atoms with Crippen molar-refractivity contribution in [2.45, 2.75) is 0 Å². The lowest BCUT2D eigenvalue weighted by molar-refractivity contribution is 0.126. The maximum atomic E-state index is 5.57. The highest BCUT2D eigenvalue weighted by atomic mass is 16.5. The molecule has 0 atom stereocenters. The predicted octanol–water partition coefficient (Wildman–Crippen LogP) is 2.23. The Balaban J connectivity index is 1.93. The van der Waals surface area contributed by atoms with E-state index in [1.54, 1.807) is 13.3 Å². The van der Waals surface area contributed by atoms with Gasteiger partial charge in [-0.1, -0.05) is 12.1 Å². The molecule has 0 bridgehead atoms. The zero-order valence-corrected chi connectivity index (χ0v) is 12.9. The van der Waals surface area contributed by atoms with E-state index in [-0.39, 0.29) is 0 Å². The van der Waals surface area contributed by atoms with Gasteiger partial charge in [-0.25, -0.2) is 4.98 Å². The average Bonchev–Trinajstić information content (AvgIpc) is 2.50. The Morgan fingerprint density at radius 1 is 1.14 bits per heavy atom. The second kappa shape index (κ2) is 7.81. The summed E-state index contributed by atoms with van der Waals surface area (Å²) in [6, 6.07) is 7.94. The monoisotopic (exact) mass is 289 g/mol. The molecule has 0 unspecified atom stereocenters. The van der Waals surface area contributed by atoms with Gasteiger partial charge in [0.25, 0.3) is 0 Å². The maximum Gasteiger partial charge on any atom is 0.134 e. The van der Waals surface area contributed by atoms with Crippen LogP contribution in [0.25, 0.3) is 10.8 Å². The normalized spacial score (nSPS) is 11.0. The van der Waals surface area contributed by atoms with Crippen molar-refractivity contribution in [2.75, 3.05) is 52.8 Å². The van der Waals surface area contributed by atoms with Crippen molar-refractivity contribution in [1.29, 1.82) is 0 Å². The van der Waals surface area contributed by atoms with E-state index in [1.165, 1.54) is 0 Å². The first-order valence-electron chi connectivity index (χ1n) is 7.10. The van der Waals surface area contributed by atoms with Gasteiger partial charge in [-0.15, -0.1) is 0 Å². The summed E-state index contributed by atoms with van der Waals surface area (Å²) in [6.45, 7) is 3.07. The molecular formula is C16H23N3O2. The number of aromatic nitrogens is 1. The molecule has 0 saturated carbocycles. The SMILES string of the molecule is COc1cccc2c(NCCOCCN(C)C)nccc12. The van der Waals surface area contributed by atoms with Crippen LogP contribution in [0.5, 0.6) is 5.75 Å². The minimum Gasteiger partial charge on any atom is -0.496 e. The number of nitrogens with zero attached hydrogens (tertiary/aromatic N) is 2. The second-order valence-electron chi connectivity index (χ2n) is 5.06. The molecule has 0 radical (unpaired) electrons. The van der Waals surface area contributed by atoms with E-state index in [9.17, 15) is 0 Å². The average molecular weight is 289 g/mol. The Kier molecular flexibility index (Phi) is 5.78. The first-order valence-corrected chi connectivity index (χ1v) is 7.10. The third kappa shape index (κ3) is 4.31. The van der Waals surface area contributed by atoms with Crippen LogP contribution in [0.3, 0.4) is 0 Å². The van der Waals surface area contributed by atoms with Gasteiger partial charge in [0.1, 0.15) is 11.6 Å². The molecule has 114 valence electrons. The first-order chi connectivity index (χ1) is 10.2. The van der Waals surface area contributed by atoms with E-state index in [0.29, 0.717) is 6.61 Å². The van der Waals surface area contributed by atoms with Gasteiger partial charge in [0.2, 0.25) is 0 Å². The van der Waals surface area contributed by atoms with Crippen LogP contribution in [0.4, 0.5) is 5.82 Å². The number of methoxy groups -OCH3 is 1. The quantitative estimate of drug-likeness (QED) is 0.755. The van der Waals surface area contributed by atoms with Gasteiger partial charge in [-0.05, 0) is 26.2 Å².